The molecule has 0 N–H and O–H groups in total. The van der Waals surface area contributed by atoms with E-state index in [2.05, 4.69) is 36.4 Å². The molecule has 0 aromatic heterocycles. The second kappa shape index (κ2) is 16.0. The Hall–Kier alpha value is -4.89. The number of likely N-dealkylation sites (N-methyl/N-ethyl adjacent to an activating group) is 1. The van der Waals surface area contributed by atoms with Crippen molar-refractivity contribution in [2.24, 2.45) is 0 Å². The Morgan fingerprint density at radius 2 is 1.37 bits per heavy atom. The maximum absolute atomic E-state index is 14.4. The number of fused-ring (bicyclic) bond motifs is 1. The lowest BCUT2D eigenvalue weighted by molar-refractivity contribution is -0.152. The highest BCUT2D eigenvalue weighted by molar-refractivity contribution is 7.99. The molecule has 0 saturated heterocycles. The summed E-state index contributed by atoms with van der Waals surface area (Å²) in [7, 11) is 1.57. The lowest BCUT2D eigenvalue weighted by Crippen LogP contribution is -2.45. The predicted molar refractivity (Wildman–Crippen MR) is 202 cm³/mol. The van der Waals surface area contributed by atoms with E-state index in [1.54, 1.807) is 11.9 Å². The molecule has 1 aliphatic heterocycles. The molecule has 1 aliphatic rings. The first-order valence-electron chi connectivity index (χ1n) is 16.7. The van der Waals surface area contributed by atoms with Crippen LogP contribution in [0.1, 0.15) is 45.6 Å². The summed E-state index contributed by atoms with van der Waals surface area (Å²) in [5.74, 6) is -0.934. The molecule has 5 aromatic rings. The summed E-state index contributed by atoms with van der Waals surface area (Å²) in [6.07, 6.45) is -1.11. The van der Waals surface area contributed by atoms with Crippen molar-refractivity contribution in [3.8, 4) is 0 Å². The van der Waals surface area contributed by atoms with Crippen molar-refractivity contribution in [3.63, 3.8) is 0 Å². The molecule has 0 saturated carbocycles. The number of amides is 2. The number of hydrogen-bond donors (Lipinski definition) is 0. The summed E-state index contributed by atoms with van der Waals surface area (Å²) in [4.78, 5) is 42.4. The number of nitrogens with zero attached hydrogens (tertiary/aromatic N) is 2. The van der Waals surface area contributed by atoms with Crippen molar-refractivity contribution >= 4 is 46.3 Å². The topological polar surface area (TPSA) is 76.2 Å². The summed E-state index contributed by atoms with van der Waals surface area (Å²) >= 11 is 7.22. The van der Waals surface area contributed by atoms with Gasteiger partial charge in [0.25, 0.3) is 5.91 Å². The van der Waals surface area contributed by atoms with Gasteiger partial charge in [-0.2, -0.15) is 0 Å². The van der Waals surface area contributed by atoms with Gasteiger partial charge in [0, 0.05) is 32.0 Å². The molecule has 5 aromatic carbocycles. The quantitative estimate of drug-likeness (QED) is 0.0588. The average Bonchev–Trinajstić information content (AvgIpc) is 3.25. The highest BCUT2D eigenvalue weighted by Crippen LogP contribution is 2.48. The molecule has 9 heteroatoms. The van der Waals surface area contributed by atoms with Gasteiger partial charge in [-0.1, -0.05) is 127 Å². The van der Waals surface area contributed by atoms with Crippen LogP contribution in [-0.2, 0) is 31.3 Å². The Balaban J connectivity index is 1.44. The Labute approximate surface area is 308 Å². The average molecular weight is 719 g/mol. The van der Waals surface area contributed by atoms with E-state index in [9.17, 15) is 14.4 Å². The smallest absolute Gasteiger partial charge is 0.316 e. The van der Waals surface area contributed by atoms with Crippen LogP contribution in [0.3, 0.4) is 0 Å². The van der Waals surface area contributed by atoms with Gasteiger partial charge in [-0.05, 0) is 58.5 Å². The molecule has 0 fully saturated rings. The van der Waals surface area contributed by atoms with Crippen LogP contribution in [0.4, 0.5) is 10.5 Å². The summed E-state index contributed by atoms with van der Waals surface area (Å²) in [5, 5.41) is -1.17. The van der Waals surface area contributed by atoms with Crippen molar-refractivity contribution in [2.45, 2.75) is 42.3 Å². The van der Waals surface area contributed by atoms with E-state index in [1.165, 1.54) is 23.6 Å². The van der Waals surface area contributed by atoms with Gasteiger partial charge in [-0.25, -0.2) is 0 Å². The number of aryl methyl sites for hydroxylation is 1. The normalized spacial score (nSPS) is 15.8. The molecule has 1 heterocycles. The number of rotatable bonds is 11. The van der Waals surface area contributed by atoms with Crippen LogP contribution in [0.25, 0.3) is 0 Å². The van der Waals surface area contributed by atoms with Crippen molar-refractivity contribution in [1.29, 1.82) is 0 Å². The van der Waals surface area contributed by atoms with Gasteiger partial charge in [0.05, 0.1) is 17.5 Å². The van der Waals surface area contributed by atoms with Crippen LogP contribution < -0.4 is 4.90 Å². The zero-order valence-corrected chi connectivity index (χ0v) is 30.3. The maximum atomic E-state index is 14.4. The van der Waals surface area contributed by atoms with Crippen molar-refractivity contribution in [1.82, 2.24) is 4.90 Å². The SMILES string of the molecule is CC(=O)O[C@H]1C(=O)N(CCN(C)C(=O)Cl)c2ccc(COC(c3ccccc3)(c3ccccc3)c3ccccc3)cc2S[C@H]1c1ccc(C)cc1. The minimum absolute atomic E-state index is 0.148. The fraction of sp³-hybridized carbons (Fsp3) is 0.214. The Morgan fingerprint density at radius 3 is 1.88 bits per heavy atom. The van der Waals surface area contributed by atoms with Crippen molar-refractivity contribution < 1.29 is 23.9 Å². The number of anilines is 1. The first-order valence-corrected chi connectivity index (χ1v) is 18.0. The number of carbonyl (C=O) groups excluding carboxylic acids is 3. The third kappa shape index (κ3) is 7.89. The van der Waals surface area contributed by atoms with Gasteiger partial charge < -0.3 is 19.3 Å². The Morgan fingerprint density at radius 1 is 0.824 bits per heavy atom. The van der Waals surface area contributed by atoms with Crippen LogP contribution in [0.15, 0.2) is 138 Å². The largest absolute Gasteiger partial charge is 0.451 e. The van der Waals surface area contributed by atoms with Crippen LogP contribution in [-0.4, -0.2) is 48.4 Å². The molecular formula is C42H39ClN2O5S. The standard InChI is InChI=1S/C42H39ClN2O5S/c1-29-19-22-32(23-20-29)39-38(50-30(2)46)40(47)45(26-25-44(3)41(43)48)36-24-21-31(27-37(36)51-39)28-49-42(33-13-7-4-8-14-33,34-15-9-5-10-16-34)35-17-11-6-12-18-35/h4-24,27,38-39H,25-26,28H2,1-3H3/t38-,39+/m1/s1. The molecule has 0 spiro atoms. The maximum Gasteiger partial charge on any atom is 0.316 e. The number of carbonyl (C=O) groups is 3. The zero-order chi connectivity index (χ0) is 36.0. The summed E-state index contributed by atoms with van der Waals surface area (Å²) in [6.45, 7) is 3.87. The molecule has 0 radical (unpaired) electrons. The van der Waals surface area contributed by atoms with Gasteiger partial charge >= 0.3 is 11.3 Å². The lowest BCUT2D eigenvalue weighted by Gasteiger charge is -2.36. The Kier molecular flexibility index (Phi) is 11.3. The molecule has 51 heavy (non-hydrogen) atoms. The van der Waals surface area contributed by atoms with Crippen LogP contribution >= 0.6 is 23.4 Å². The zero-order valence-electron chi connectivity index (χ0n) is 28.7. The number of esters is 1. The number of halogens is 1. The molecule has 2 atom stereocenters. The van der Waals surface area contributed by atoms with Crippen molar-refractivity contribution in [3.05, 3.63) is 167 Å². The fourth-order valence-electron chi connectivity index (χ4n) is 6.38. The third-order valence-electron chi connectivity index (χ3n) is 9.01. The van der Waals surface area contributed by atoms with Crippen molar-refractivity contribution in [2.75, 3.05) is 25.0 Å². The van der Waals surface area contributed by atoms with Crippen LogP contribution in [0.2, 0.25) is 0 Å². The molecule has 2 amide bonds. The first-order chi connectivity index (χ1) is 24.7. The molecule has 0 aliphatic carbocycles. The van der Waals surface area contributed by atoms with E-state index >= 15 is 0 Å². The molecule has 0 unspecified atom stereocenters. The summed E-state index contributed by atoms with van der Waals surface area (Å²) < 4.78 is 12.9. The van der Waals surface area contributed by atoms with Gasteiger partial charge in [-0.3, -0.25) is 14.4 Å². The van der Waals surface area contributed by atoms with E-state index in [1.807, 2.05) is 104 Å². The third-order valence-corrected chi connectivity index (χ3v) is 10.7. The summed E-state index contributed by atoms with van der Waals surface area (Å²) in [5.41, 5.74) is 5.51. The van der Waals surface area contributed by atoms with Gasteiger partial charge in [0.2, 0.25) is 0 Å². The number of thioether (sulfide) groups is 1. The number of ether oxygens (including phenoxy) is 2. The monoisotopic (exact) mass is 718 g/mol. The van der Waals surface area contributed by atoms with Gasteiger partial charge in [0.1, 0.15) is 5.60 Å². The van der Waals surface area contributed by atoms with Crippen LogP contribution in [0, 0.1) is 6.92 Å². The van der Waals surface area contributed by atoms with E-state index in [4.69, 9.17) is 21.1 Å². The molecule has 0 bridgehead atoms. The molecule has 6 rings (SSSR count). The lowest BCUT2D eigenvalue weighted by atomic mass is 9.80. The highest BCUT2D eigenvalue weighted by Gasteiger charge is 2.42. The van der Waals surface area contributed by atoms with Crippen LogP contribution in [0.5, 0.6) is 0 Å². The minimum atomic E-state index is -1.11. The van der Waals surface area contributed by atoms with E-state index in [0.717, 1.165) is 38.3 Å². The fourth-order valence-corrected chi connectivity index (χ4v) is 7.85. The molecular weight excluding hydrogens is 680 g/mol. The number of hydrogen-bond acceptors (Lipinski definition) is 6. The van der Waals surface area contributed by atoms with E-state index in [-0.39, 0.29) is 25.6 Å². The number of benzene rings is 5. The Bertz CT molecular complexity index is 1880. The second-order valence-electron chi connectivity index (χ2n) is 12.5. The minimum Gasteiger partial charge on any atom is -0.451 e. The van der Waals surface area contributed by atoms with E-state index < -0.39 is 28.3 Å². The van der Waals surface area contributed by atoms with Gasteiger partial charge in [-0.15, -0.1) is 11.8 Å². The first kappa shape index (κ1) is 35.9. The van der Waals surface area contributed by atoms with Gasteiger partial charge in [0.15, 0.2) is 6.10 Å². The second-order valence-corrected chi connectivity index (χ2v) is 14.0. The van der Waals surface area contributed by atoms with E-state index in [0.29, 0.717) is 5.69 Å². The molecule has 260 valence electrons. The highest BCUT2D eigenvalue weighted by atomic mass is 35.5. The molecule has 7 nitrogen and oxygen atoms in total. The summed E-state index contributed by atoms with van der Waals surface area (Å²) in [6, 6.07) is 44.4. The predicted octanol–water partition coefficient (Wildman–Crippen LogP) is 8.91.